The van der Waals surface area contributed by atoms with Crippen molar-refractivity contribution in [1.82, 2.24) is 5.32 Å². The van der Waals surface area contributed by atoms with Crippen molar-refractivity contribution in [2.45, 2.75) is 38.3 Å². The number of rotatable bonds is 5. The van der Waals surface area contributed by atoms with E-state index in [2.05, 4.69) is 17.4 Å². The van der Waals surface area contributed by atoms with Crippen LogP contribution in [-0.4, -0.2) is 18.6 Å². The van der Waals surface area contributed by atoms with Gasteiger partial charge in [0.25, 0.3) is 0 Å². The second-order valence-electron chi connectivity index (χ2n) is 6.17. The zero-order valence-electron chi connectivity index (χ0n) is 14.0. The molecule has 1 amide bonds. The smallest absolute Gasteiger partial charge is 0.227 e. The number of benzene rings is 2. The molecule has 1 aliphatic carbocycles. The van der Waals surface area contributed by atoms with Crippen LogP contribution < -0.4 is 5.32 Å². The molecule has 2 aromatic carbocycles. The molecule has 0 saturated carbocycles. The van der Waals surface area contributed by atoms with E-state index in [1.165, 1.54) is 17.7 Å². The first-order valence-corrected chi connectivity index (χ1v) is 8.35. The number of ether oxygens (including phenoxy) is 1. The standard InChI is InChI=1S/C20H22FNO2/c1-3-24-19-17-7-5-4-6-15(17)12-18(19)22-20(23)13(2)14-8-10-16(21)11-9-14/h4-11,13,18-19H,3,12H2,1-2H3,(H,22,23)/t13-,18?,19?/m0/s1. The predicted molar refractivity (Wildman–Crippen MR) is 91.3 cm³/mol. The van der Waals surface area contributed by atoms with Gasteiger partial charge in [0.05, 0.1) is 12.0 Å². The Balaban J connectivity index is 1.73. The molecule has 24 heavy (non-hydrogen) atoms. The van der Waals surface area contributed by atoms with Crippen LogP contribution in [0.5, 0.6) is 0 Å². The van der Waals surface area contributed by atoms with Gasteiger partial charge < -0.3 is 10.1 Å². The lowest BCUT2D eigenvalue weighted by molar-refractivity contribution is -0.124. The number of hydrogen-bond donors (Lipinski definition) is 1. The van der Waals surface area contributed by atoms with Crippen molar-refractivity contribution < 1.29 is 13.9 Å². The molecular formula is C20H22FNO2. The van der Waals surface area contributed by atoms with Gasteiger partial charge in [0.1, 0.15) is 11.9 Å². The Kier molecular flexibility index (Phi) is 4.95. The minimum absolute atomic E-state index is 0.0656. The number of fused-ring (bicyclic) bond motifs is 1. The fraction of sp³-hybridized carbons (Fsp3) is 0.350. The topological polar surface area (TPSA) is 38.3 Å². The molecular weight excluding hydrogens is 305 g/mol. The highest BCUT2D eigenvalue weighted by molar-refractivity contribution is 5.83. The van der Waals surface area contributed by atoms with Crippen molar-refractivity contribution in [3.05, 3.63) is 71.0 Å². The highest BCUT2D eigenvalue weighted by atomic mass is 19.1. The van der Waals surface area contributed by atoms with Gasteiger partial charge in [-0.3, -0.25) is 4.79 Å². The summed E-state index contributed by atoms with van der Waals surface area (Å²) in [7, 11) is 0. The lowest BCUT2D eigenvalue weighted by Gasteiger charge is -2.23. The summed E-state index contributed by atoms with van der Waals surface area (Å²) in [6, 6.07) is 14.1. The van der Waals surface area contributed by atoms with Crippen LogP contribution in [0.2, 0.25) is 0 Å². The van der Waals surface area contributed by atoms with Crippen LogP contribution in [0.1, 0.15) is 42.6 Å². The molecule has 0 aliphatic heterocycles. The first-order valence-electron chi connectivity index (χ1n) is 8.35. The van der Waals surface area contributed by atoms with Crippen molar-refractivity contribution in [1.29, 1.82) is 0 Å². The Morgan fingerprint density at radius 1 is 1.25 bits per heavy atom. The Bertz CT molecular complexity index is 714. The van der Waals surface area contributed by atoms with Gasteiger partial charge >= 0.3 is 0 Å². The Hall–Kier alpha value is -2.20. The SMILES string of the molecule is CCOC1c2ccccc2CC1NC(=O)[C@@H](C)c1ccc(F)cc1. The molecule has 3 nitrogen and oxygen atoms in total. The van der Waals surface area contributed by atoms with Crippen molar-refractivity contribution in [2.24, 2.45) is 0 Å². The van der Waals surface area contributed by atoms with Crippen LogP contribution in [0, 0.1) is 5.82 Å². The monoisotopic (exact) mass is 327 g/mol. The van der Waals surface area contributed by atoms with Gasteiger partial charge in [-0.1, -0.05) is 36.4 Å². The molecule has 1 N–H and O–H groups in total. The summed E-state index contributed by atoms with van der Waals surface area (Å²) >= 11 is 0. The number of amides is 1. The lowest BCUT2D eigenvalue weighted by Crippen LogP contribution is -2.40. The second-order valence-corrected chi connectivity index (χ2v) is 6.17. The first kappa shape index (κ1) is 16.7. The van der Waals surface area contributed by atoms with Crippen LogP contribution in [0.4, 0.5) is 4.39 Å². The van der Waals surface area contributed by atoms with Crippen molar-refractivity contribution in [3.63, 3.8) is 0 Å². The fourth-order valence-corrected chi connectivity index (χ4v) is 3.28. The summed E-state index contributed by atoms with van der Waals surface area (Å²) in [6.45, 7) is 4.39. The molecule has 3 rings (SSSR count). The van der Waals surface area contributed by atoms with Crippen molar-refractivity contribution >= 4 is 5.91 Å². The molecule has 0 aromatic heterocycles. The Morgan fingerprint density at radius 2 is 1.96 bits per heavy atom. The van der Waals surface area contributed by atoms with Crippen LogP contribution in [0.15, 0.2) is 48.5 Å². The summed E-state index contributed by atoms with van der Waals surface area (Å²) in [6.07, 6.45) is 0.651. The molecule has 0 fully saturated rings. The molecule has 2 aromatic rings. The Labute approximate surface area is 141 Å². The summed E-state index contributed by atoms with van der Waals surface area (Å²) in [5, 5.41) is 3.12. The van der Waals surface area contributed by atoms with Crippen molar-refractivity contribution in [3.8, 4) is 0 Å². The minimum Gasteiger partial charge on any atom is -0.372 e. The third-order valence-corrected chi connectivity index (χ3v) is 4.60. The maximum atomic E-state index is 13.0. The van der Waals surface area contributed by atoms with Gasteiger partial charge in [0.15, 0.2) is 0 Å². The van der Waals surface area contributed by atoms with Crippen LogP contribution in [0.3, 0.4) is 0 Å². The van der Waals surface area contributed by atoms with E-state index in [4.69, 9.17) is 4.74 Å². The predicted octanol–water partition coefficient (Wildman–Crippen LogP) is 3.75. The van der Waals surface area contributed by atoms with E-state index in [1.54, 1.807) is 12.1 Å². The van der Waals surface area contributed by atoms with Crippen LogP contribution >= 0.6 is 0 Å². The molecule has 2 unspecified atom stereocenters. The molecule has 126 valence electrons. The number of halogens is 1. The minimum atomic E-state index is -0.336. The molecule has 4 heteroatoms. The number of hydrogen-bond acceptors (Lipinski definition) is 2. The van der Waals surface area contributed by atoms with E-state index >= 15 is 0 Å². The van der Waals surface area contributed by atoms with Gasteiger partial charge in [-0.25, -0.2) is 4.39 Å². The molecule has 0 bridgehead atoms. The first-order chi connectivity index (χ1) is 11.6. The zero-order chi connectivity index (χ0) is 17.1. The second kappa shape index (κ2) is 7.14. The van der Waals surface area contributed by atoms with Gasteiger partial charge in [0.2, 0.25) is 5.91 Å². The van der Waals surface area contributed by atoms with Crippen molar-refractivity contribution in [2.75, 3.05) is 6.61 Å². The maximum absolute atomic E-state index is 13.0. The fourth-order valence-electron chi connectivity index (χ4n) is 3.28. The number of carbonyl (C=O) groups is 1. The summed E-state index contributed by atoms with van der Waals surface area (Å²) < 4.78 is 18.9. The normalized spacial score (nSPS) is 20.5. The number of nitrogens with one attached hydrogen (secondary N) is 1. The maximum Gasteiger partial charge on any atom is 0.227 e. The Morgan fingerprint density at radius 3 is 2.67 bits per heavy atom. The molecule has 0 saturated heterocycles. The van der Waals surface area contributed by atoms with E-state index < -0.39 is 0 Å². The largest absolute Gasteiger partial charge is 0.372 e. The molecule has 0 heterocycles. The molecule has 1 aliphatic rings. The van der Waals surface area contributed by atoms with Gasteiger partial charge in [-0.2, -0.15) is 0 Å². The lowest BCUT2D eigenvalue weighted by atomic mass is 9.99. The highest BCUT2D eigenvalue weighted by Gasteiger charge is 2.34. The zero-order valence-corrected chi connectivity index (χ0v) is 14.0. The highest BCUT2D eigenvalue weighted by Crippen LogP contribution is 2.34. The average molecular weight is 327 g/mol. The van der Waals surface area contributed by atoms with Crippen LogP contribution in [-0.2, 0) is 16.0 Å². The van der Waals surface area contributed by atoms with E-state index in [1.807, 2.05) is 26.0 Å². The van der Waals surface area contributed by atoms with E-state index in [9.17, 15) is 9.18 Å². The quantitative estimate of drug-likeness (QED) is 0.908. The van der Waals surface area contributed by atoms with E-state index in [-0.39, 0.29) is 29.8 Å². The van der Waals surface area contributed by atoms with Gasteiger partial charge in [-0.05, 0) is 49.1 Å². The number of carbonyl (C=O) groups excluding carboxylic acids is 1. The molecule has 0 spiro atoms. The van der Waals surface area contributed by atoms with Gasteiger partial charge in [0, 0.05) is 6.61 Å². The van der Waals surface area contributed by atoms with E-state index in [0.29, 0.717) is 6.61 Å². The third kappa shape index (κ3) is 3.34. The van der Waals surface area contributed by atoms with E-state index in [0.717, 1.165) is 17.5 Å². The van der Waals surface area contributed by atoms with Crippen LogP contribution in [0.25, 0.3) is 0 Å². The van der Waals surface area contributed by atoms with Gasteiger partial charge in [-0.15, -0.1) is 0 Å². The summed E-state index contributed by atoms with van der Waals surface area (Å²) in [5.41, 5.74) is 3.17. The third-order valence-electron chi connectivity index (χ3n) is 4.60. The summed E-state index contributed by atoms with van der Waals surface area (Å²) in [4.78, 5) is 12.6. The molecule has 3 atom stereocenters. The summed E-state index contributed by atoms with van der Waals surface area (Å²) in [5.74, 6) is -0.699. The molecule has 0 radical (unpaired) electrons. The average Bonchev–Trinajstić information content (AvgIpc) is 2.93.